The second-order valence-electron chi connectivity index (χ2n) is 5.71. The van der Waals surface area contributed by atoms with Gasteiger partial charge in [-0.15, -0.1) is 6.58 Å². The molecular weight excluding hydrogens is 194 g/mol. The molecule has 0 aromatic carbocycles. The summed E-state index contributed by atoms with van der Waals surface area (Å²) in [5.41, 5.74) is 0. The summed E-state index contributed by atoms with van der Waals surface area (Å²) in [5, 5.41) is 3.73. The van der Waals surface area contributed by atoms with Crippen LogP contribution in [0.3, 0.4) is 0 Å². The molecular formula is C15H27N. The monoisotopic (exact) mass is 221 g/mol. The lowest BCUT2D eigenvalue weighted by atomic mass is 9.76. The van der Waals surface area contributed by atoms with Crippen LogP contribution in [-0.2, 0) is 0 Å². The predicted molar refractivity (Wildman–Crippen MR) is 70.5 cm³/mol. The Morgan fingerprint density at radius 2 is 1.81 bits per heavy atom. The van der Waals surface area contributed by atoms with E-state index in [0.717, 1.165) is 17.9 Å². The molecule has 1 N–H and O–H groups in total. The topological polar surface area (TPSA) is 12.0 Å². The normalized spacial score (nSPS) is 30.2. The Balaban J connectivity index is 1.69. The van der Waals surface area contributed by atoms with Crippen molar-refractivity contribution in [3.05, 3.63) is 12.7 Å². The molecule has 2 saturated carbocycles. The third-order valence-corrected chi connectivity index (χ3v) is 4.30. The molecule has 0 bridgehead atoms. The summed E-state index contributed by atoms with van der Waals surface area (Å²) in [6.45, 7) is 5.11. The number of nitrogens with one attached hydrogen (secondary N) is 1. The first-order chi connectivity index (χ1) is 7.90. The summed E-state index contributed by atoms with van der Waals surface area (Å²) >= 11 is 0. The van der Waals surface area contributed by atoms with Crippen LogP contribution in [0.1, 0.15) is 57.8 Å². The van der Waals surface area contributed by atoms with Gasteiger partial charge in [0.15, 0.2) is 0 Å². The van der Waals surface area contributed by atoms with Crippen molar-refractivity contribution >= 4 is 0 Å². The van der Waals surface area contributed by atoms with Gasteiger partial charge >= 0.3 is 0 Å². The van der Waals surface area contributed by atoms with Crippen LogP contribution < -0.4 is 5.32 Å². The highest BCUT2D eigenvalue weighted by atomic mass is 14.9. The average Bonchev–Trinajstić information content (AvgIpc) is 3.12. The van der Waals surface area contributed by atoms with Gasteiger partial charge in [0.2, 0.25) is 0 Å². The molecule has 92 valence electrons. The Hall–Kier alpha value is -0.300. The number of hydrogen-bond acceptors (Lipinski definition) is 1. The Kier molecular flexibility index (Phi) is 4.90. The van der Waals surface area contributed by atoms with Crippen molar-refractivity contribution in [2.45, 2.75) is 63.8 Å². The number of rotatable bonds is 7. The van der Waals surface area contributed by atoms with Gasteiger partial charge < -0.3 is 5.32 Å². The maximum Gasteiger partial charge on any atom is 0.00683 e. The smallest absolute Gasteiger partial charge is 0.00683 e. The summed E-state index contributed by atoms with van der Waals surface area (Å²) in [6.07, 6.45) is 14.8. The minimum absolute atomic E-state index is 0.885. The van der Waals surface area contributed by atoms with Crippen LogP contribution in [0.4, 0.5) is 0 Å². The van der Waals surface area contributed by atoms with Gasteiger partial charge in [0.1, 0.15) is 0 Å². The molecule has 2 atom stereocenters. The fourth-order valence-electron chi connectivity index (χ4n) is 3.06. The largest absolute Gasteiger partial charge is 0.314 e. The van der Waals surface area contributed by atoms with Gasteiger partial charge in [-0.25, -0.2) is 0 Å². The molecule has 0 spiro atoms. The van der Waals surface area contributed by atoms with Gasteiger partial charge in [-0.05, 0) is 56.9 Å². The Morgan fingerprint density at radius 1 is 1.06 bits per heavy atom. The molecule has 0 aromatic heterocycles. The fourth-order valence-corrected chi connectivity index (χ4v) is 3.06. The molecule has 2 unspecified atom stereocenters. The van der Waals surface area contributed by atoms with Crippen LogP contribution in [0.5, 0.6) is 0 Å². The van der Waals surface area contributed by atoms with Crippen LogP contribution in [0.25, 0.3) is 0 Å². The van der Waals surface area contributed by atoms with E-state index in [1.165, 1.54) is 64.3 Å². The highest BCUT2D eigenvalue weighted by Gasteiger charge is 2.27. The molecule has 0 aromatic rings. The van der Waals surface area contributed by atoms with Crippen molar-refractivity contribution in [2.24, 2.45) is 11.8 Å². The number of hydrogen-bond donors (Lipinski definition) is 1. The average molecular weight is 221 g/mol. The molecule has 2 aliphatic rings. The minimum atomic E-state index is 0.885. The Labute approximate surface area is 101 Å². The van der Waals surface area contributed by atoms with E-state index in [1.54, 1.807) is 0 Å². The molecule has 0 aliphatic heterocycles. The van der Waals surface area contributed by atoms with Crippen LogP contribution >= 0.6 is 0 Å². The summed E-state index contributed by atoms with van der Waals surface area (Å²) in [6, 6.07) is 0.885. The van der Waals surface area contributed by atoms with Gasteiger partial charge in [0.25, 0.3) is 0 Å². The fraction of sp³-hybridized carbons (Fsp3) is 0.867. The quantitative estimate of drug-likeness (QED) is 0.508. The first-order valence-electron chi connectivity index (χ1n) is 7.24. The zero-order chi connectivity index (χ0) is 11.2. The van der Waals surface area contributed by atoms with E-state index in [-0.39, 0.29) is 0 Å². The van der Waals surface area contributed by atoms with Gasteiger partial charge in [-0.1, -0.05) is 25.3 Å². The summed E-state index contributed by atoms with van der Waals surface area (Å²) < 4.78 is 0. The molecule has 2 rings (SSSR count). The molecule has 2 fully saturated rings. The third kappa shape index (κ3) is 3.93. The standard InChI is InChI=1S/C15H27N/c1-2-3-4-7-13-8-5-6-9-14(13)12-16-15-10-11-15/h2,13-16H,1,3-12H2. The van der Waals surface area contributed by atoms with Crippen molar-refractivity contribution < 1.29 is 0 Å². The lowest BCUT2D eigenvalue weighted by Crippen LogP contribution is -2.31. The van der Waals surface area contributed by atoms with Crippen molar-refractivity contribution in [3.8, 4) is 0 Å². The summed E-state index contributed by atoms with van der Waals surface area (Å²) in [7, 11) is 0. The molecule has 0 heterocycles. The van der Waals surface area contributed by atoms with E-state index in [0.29, 0.717) is 0 Å². The molecule has 16 heavy (non-hydrogen) atoms. The highest BCUT2D eigenvalue weighted by molar-refractivity contribution is 4.84. The molecule has 0 amide bonds. The molecule has 0 saturated heterocycles. The zero-order valence-corrected chi connectivity index (χ0v) is 10.6. The lowest BCUT2D eigenvalue weighted by molar-refractivity contribution is 0.214. The zero-order valence-electron chi connectivity index (χ0n) is 10.6. The van der Waals surface area contributed by atoms with E-state index in [2.05, 4.69) is 18.0 Å². The van der Waals surface area contributed by atoms with E-state index < -0.39 is 0 Å². The Morgan fingerprint density at radius 3 is 2.50 bits per heavy atom. The van der Waals surface area contributed by atoms with Gasteiger partial charge in [0, 0.05) is 6.04 Å². The summed E-state index contributed by atoms with van der Waals surface area (Å²) in [5.74, 6) is 1.97. The van der Waals surface area contributed by atoms with Crippen molar-refractivity contribution in [3.63, 3.8) is 0 Å². The van der Waals surface area contributed by atoms with E-state index in [4.69, 9.17) is 0 Å². The highest BCUT2D eigenvalue weighted by Crippen LogP contribution is 2.33. The second-order valence-corrected chi connectivity index (χ2v) is 5.71. The SMILES string of the molecule is C=CCCCC1CCCCC1CNC1CC1. The maximum atomic E-state index is 3.82. The van der Waals surface area contributed by atoms with E-state index in [9.17, 15) is 0 Å². The van der Waals surface area contributed by atoms with Crippen LogP contribution in [0.2, 0.25) is 0 Å². The predicted octanol–water partition coefficient (Wildman–Crippen LogP) is 3.90. The lowest BCUT2D eigenvalue weighted by Gasteiger charge is -2.32. The van der Waals surface area contributed by atoms with E-state index >= 15 is 0 Å². The first kappa shape index (κ1) is 12.2. The maximum absolute atomic E-state index is 3.82. The Bertz CT molecular complexity index is 207. The number of allylic oxidation sites excluding steroid dienone is 1. The molecule has 1 nitrogen and oxygen atoms in total. The number of unbranched alkanes of at least 4 members (excludes halogenated alkanes) is 1. The minimum Gasteiger partial charge on any atom is -0.314 e. The molecule has 0 radical (unpaired) electrons. The van der Waals surface area contributed by atoms with Gasteiger partial charge in [-0.3, -0.25) is 0 Å². The molecule has 1 heteroatoms. The summed E-state index contributed by atoms with van der Waals surface area (Å²) in [4.78, 5) is 0. The van der Waals surface area contributed by atoms with Gasteiger partial charge in [-0.2, -0.15) is 0 Å². The van der Waals surface area contributed by atoms with Crippen molar-refractivity contribution in [1.82, 2.24) is 5.32 Å². The van der Waals surface area contributed by atoms with Crippen LogP contribution in [-0.4, -0.2) is 12.6 Å². The van der Waals surface area contributed by atoms with Crippen LogP contribution in [0.15, 0.2) is 12.7 Å². The van der Waals surface area contributed by atoms with Crippen molar-refractivity contribution in [2.75, 3.05) is 6.54 Å². The van der Waals surface area contributed by atoms with Crippen LogP contribution in [0, 0.1) is 11.8 Å². The van der Waals surface area contributed by atoms with Gasteiger partial charge in [0.05, 0.1) is 0 Å². The molecule has 2 aliphatic carbocycles. The van der Waals surface area contributed by atoms with Crippen molar-refractivity contribution in [1.29, 1.82) is 0 Å². The van der Waals surface area contributed by atoms with E-state index in [1.807, 2.05) is 0 Å². The third-order valence-electron chi connectivity index (χ3n) is 4.30. The first-order valence-corrected chi connectivity index (χ1v) is 7.24. The second kappa shape index (κ2) is 6.44.